The number of carbonyl (C=O) groups is 4. The molecule has 1 N–H and O–H groups in total. The second kappa shape index (κ2) is 9.04. The maximum Gasteiger partial charge on any atom is 0.419 e. The van der Waals surface area contributed by atoms with Crippen molar-refractivity contribution in [1.29, 1.82) is 0 Å². The minimum atomic E-state index is -1.32. The third-order valence-corrected chi connectivity index (χ3v) is 4.73. The highest BCUT2D eigenvalue weighted by Crippen LogP contribution is 2.30. The van der Waals surface area contributed by atoms with Gasteiger partial charge in [0.2, 0.25) is 0 Å². The van der Waals surface area contributed by atoms with E-state index in [2.05, 4.69) is 5.32 Å². The van der Waals surface area contributed by atoms with Crippen LogP contribution in [0.2, 0.25) is 5.02 Å². The summed E-state index contributed by atoms with van der Waals surface area (Å²) >= 11 is 6.07. The van der Waals surface area contributed by atoms with Gasteiger partial charge in [0.1, 0.15) is 12.5 Å². The third kappa shape index (κ3) is 4.49. The van der Waals surface area contributed by atoms with E-state index < -0.39 is 37.1 Å². The molecule has 0 saturated carbocycles. The van der Waals surface area contributed by atoms with E-state index in [0.29, 0.717) is 16.1 Å². The first-order chi connectivity index (χ1) is 14.3. The predicted molar refractivity (Wildman–Crippen MR) is 109 cm³/mol. The number of benzene rings is 2. The summed E-state index contributed by atoms with van der Waals surface area (Å²) in [6.07, 6.45) is -1.16. The van der Waals surface area contributed by atoms with E-state index >= 15 is 0 Å². The molecule has 30 heavy (non-hydrogen) atoms. The van der Waals surface area contributed by atoms with Gasteiger partial charge in [0, 0.05) is 22.2 Å². The Bertz CT molecular complexity index is 1160. The van der Waals surface area contributed by atoms with Gasteiger partial charge in [-0.3, -0.25) is 14.4 Å². The van der Waals surface area contributed by atoms with E-state index in [1.807, 2.05) is 12.1 Å². The number of ketones is 2. The largest absolute Gasteiger partial charge is 0.439 e. The van der Waals surface area contributed by atoms with Gasteiger partial charge in [0.15, 0.2) is 12.4 Å². The summed E-state index contributed by atoms with van der Waals surface area (Å²) in [7, 11) is 0. The van der Waals surface area contributed by atoms with Crippen LogP contribution in [0.25, 0.3) is 21.8 Å². The van der Waals surface area contributed by atoms with Gasteiger partial charge in [-0.05, 0) is 25.1 Å². The van der Waals surface area contributed by atoms with E-state index in [-0.39, 0.29) is 12.2 Å². The minimum Gasteiger partial charge on any atom is -0.439 e. The van der Waals surface area contributed by atoms with Gasteiger partial charge in [-0.1, -0.05) is 35.9 Å². The Balaban J connectivity index is 1.80. The van der Waals surface area contributed by atoms with Crippen LogP contribution in [0.4, 0.5) is 9.18 Å². The van der Waals surface area contributed by atoms with Crippen molar-refractivity contribution in [3.05, 3.63) is 47.5 Å². The van der Waals surface area contributed by atoms with Crippen LogP contribution in [0, 0.1) is 0 Å². The summed E-state index contributed by atoms with van der Waals surface area (Å²) in [5, 5.41) is 4.24. The number of Topliss-reactive ketones (excluding diaryl/α,β-unsaturated/α-hetero) is 2. The summed E-state index contributed by atoms with van der Waals surface area (Å²) < 4.78 is 19.1. The first kappa shape index (κ1) is 21.4. The standard InChI is InChI=1S/C21H18ClFN2O5/c1-12(26)8-16(19(27)10-23)24-20(28)11-30-21(29)25-17-5-3-2-4-14(17)15-7-6-13(22)9-18(15)25/h2-7,9,16H,8,10-11H2,1H3,(H,24,28). The number of para-hydroxylation sites is 1. The van der Waals surface area contributed by atoms with E-state index in [0.717, 1.165) is 10.8 Å². The Labute approximate surface area is 175 Å². The molecule has 2 aromatic carbocycles. The number of halogens is 2. The highest BCUT2D eigenvalue weighted by atomic mass is 35.5. The van der Waals surface area contributed by atoms with Crippen molar-refractivity contribution in [3.63, 3.8) is 0 Å². The molecule has 0 aliphatic heterocycles. The van der Waals surface area contributed by atoms with E-state index in [4.69, 9.17) is 16.3 Å². The molecule has 1 atom stereocenters. The lowest BCUT2D eigenvalue weighted by molar-refractivity contribution is -0.131. The lowest BCUT2D eigenvalue weighted by Gasteiger charge is -2.15. The molecule has 7 nitrogen and oxygen atoms in total. The summed E-state index contributed by atoms with van der Waals surface area (Å²) in [5.41, 5.74) is 1.08. The van der Waals surface area contributed by atoms with Crippen LogP contribution in [0.15, 0.2) is 42.5 Å². The number of hydrogen-bond donors (Lipinski definition) is 1. The van der Waals surface area contributed by atoms with Gasteiger partial charge in [-0.25, -0.2) is 13.8 Å². The topological polar surface area (TPSA) is 94.5 Å². The number of rotatable bonds is 7. The molecule has 1 aromatic heterocycles. The molecule has 1 heterocycles. The fraction of sp³-hybridized carbons (Fsp3) is 0.238. The summed E-state index contributed by atoms with van der Waals surface area (Å²) in [6, 6.07) is 11.0. The summed E-state index contributed by atoms with van der Waals surface area (Å²) in [6.45, 7) is -0.806. The highest BCUT2D eigenvalue weighted by molar-refractivity contribution is 6.31. The average Bonchev–Trinajstić information content (AvgIpc) is 3.04. The van der Waals surface area contributed by atoms with E-state index in [1.165, 1.54) is 11.5 Å². The van der Waals surface area contributed by atoms with E-state index in [1.54, 1.807) is 30.3 Å². The zero-order valence-corrected chi connectivity index (χ0v) is 16.7. The molecular formula is C21H18ClFN2O5. The first-order valence-corrected chi connectivity index (χ1v) is 9.43. The Morgan fingerprint density at radius 2 is 1.80 bits per heavy atom. The first-order valence-electron chi connectivity index (χ1n) is 9.05. The molecule has 0 fully saturated rings. The predicted octanol–water partition coefficient (Wildman–Crippen LogP) is 3.44. The molecule has 3 aromatic rings. The summed E-state index contributed by atoms with van der Waals surface area (Å²) in [5.74, 6) is -2.14. The van der Waals surface area contributed by atoms with Gasteiger partial charge < -0.3 is 10.1 Å². The molecular weight excluding hydrogens is 415 g/mol. The Morgan fingerprint density at radius 3 is 2.50 bits per heavy atom. The molecule has 0 bridgehead atoms. The smallest absolute Gasteiger partial charge is 0.419 e. The molecule has 9 heteroatoms. The number of ether oxygens (including phenoxy) is 1. The van der Waals surface area contributed by atoms with Gasteiger partial charge in [0.05, 0.1) is 17.1 Å². The third-order valence-electron chi connectivity index (χ3n) is 4.49. The maximum absolute atomic E-state index is 12.7. The quantitative estimate of drug-likeness (QED) is 0.617. The molecule has 0 spiro atoms. The van der Waals surface area contributed by atoms with Crippen molar-refractivity contribution in [1.82, 2.24) is 9.88 Å². The fourth-order valence-electron chi connectivity index (χ4n) is 3.19. The Hall–Kier alpha value is -3.26. The Kier molecular flexibility index (Phi) is 6.47. The van der Waals surface area contributed by atoms with Crippen LogP contribution in [-0.2, 0) is 19.1 Å². The Morgan fingerprint density at radius 1 is 1.10 bits per heavy atom. The lowest BCUT2D eigenvalue weighted by Crippen LogP contribution is -2.44. The fourth-order valence-corrected chi connectivity index (χ4v) is 3.36. The highest BCUT2D eigenvalue weighted by Gasteiger charge is 2.23. The number of amides is 1. The van der Waals surface area contributed by atoms with Crippen molar-refractivity contribution in [3.8, 4) is 0 Å². The van der Waals surface area contributed by atoms with Crippen LogP contribution in [0.3, 0.4) is 0 Å². The number of carbonyl (C=O) groups excluding carboxylic acids is 4. The number of fused-ring (bicyclic) bond motifs is 3. The van der Waals surface area contributed by atoms with Crippen molar-refractivity contribution in [2.75, 3.05) is 13.3 Å². The maximum atomic E-state index is 12.7. The number of nitrogens with one attached hydrogen (secondary N) is 1. The molecule has 0 aliphatic carbocycles. The van der Waals surface area contributed by atoms with Crippen LogP contribution in [0.5, 0.6) is 0 Å². The summed E-state index contributed by atoms with van der Waals surface area (Å²) in [4.78, 5) is 47.6. The van der Waals surface area contributed by atoms with Crippen molar-refractivity contribution < 1.29 is 28.3 Å². The van der Waals surface area contributed by atoms with Gasteiger partial charge in [-0.15, -0.1) is 0 Å². The second-order valence-corrected chi connectivity index (χ2v) is 7.13. The van der Waals surface area contributed by atoms with Gasteiger partial charge in [-0.2, -0.15) is 0 Å². The zero-order chi connectivity index (χ0) is 21.8. The SMILES string of the molecule is CC(=O)CC(NC(=O)COC(=O)n1c2ccccc2c2ccc(Cl)cc21)C(=O)CF. The molecule has 0 radical (unpaired) electrons. The van der Waals surface area contributed by atoms with Gasteiger partial charge >= 0.3 is 6.09 Å². The van der Waals surface area contributed by atoms with Crippen molar-refractivity contribution >= 4 is 57.0 Å². The van der Waals surface area contributed by atoms with Crippen LogP contribution in [0.1, 0.15) is 13.3 Å². The number of nitrogens with zero attached hydrogens (tertiary/aromatic N) is 1. The molecule has 156 valence electrons. The minimum absolute atomic E-state index is 0.339. The van der Waals surface area contributed by atoms with E-state index in [9.17, 15) is 23.6 Å². The molecule has 0 saturated heterocycles. The molecule has 3 rings (SSSR count). The van der Waals surface area contributed by atoms with Crippen molar-refractivity contribution in [2.24, 2.45) is 0 Å². The van der Waals surface area contributed by atoms with Gasteiger partial charge in [0.25, 0.3) is 5.91 Å². The number of hydrogen-bond acceptors (Lipinski definition) is 5. The monoisotopic (exact) mass is 432 g/mol. The molecule has 0 aliphatic rings. The van der Waals surface area contributed by atoms with Crippen LogP contribution >= 0.6 is 11.6 Å². The van der Waals surface area contributed by atoms with Crippen LogP contribution < -0.4 is 5.32 Å². The molecule has 1 amide bonds. The molecule has 1 unspecified atom stereocenters. The zero-order valence-electron chi connectivity index (χ0n) is 16.0. The normalized spacial score (nSPS) is 12.0. The number of aromatic nitrogens is 1. The second-order valence-electron chi connectivity index (χ2n) is 6.69. The van der Waals surface area contributed by atoms with Crippen molar-refractivity contribution in [2.45, 2.75) is 19.4 Å². The number of alkyl halides is 1. The van der Waals surface area contributed by atoms with Crippen LogP contribution in [-0.4, -0.2) is 47.5 Å². The lowest BCUT2D eigenvalue weighted by atomic mass is 10.1. The average molecular weight is 433 g/mol.